The van der Waals surface area contributed by atoms with Gasteiger partial charge in [0.25, 0.3) is 0 Å². The van der Waals surface area contributed by atoms with Crippen LogP contribution in [0.1, 0.15) is 18.9 Å². The lowest BCUT2D eigenvalue weighted by molar-refractivity contribution is -0.143. The Morgan fingerprint density at radius 2 is 1.44 bits per heavy atom. The molecule has 0 aromatic heterocycles. The number of esters is 1. The topological polar surface area (TPSA) is 44.8 Å². The van der Waals surface area contributed by atoms with Gasteiger partial charge in [-0.15, -0.1) is 0 Å². The molecule has 0 saturated heterocycles. The third kappa shape index (κ3) is 6.02. The average Bonchev–Trinajstić information content (AvgIpc) is 2.56. The highest BCUT2D eigenvalue weighted by atomic mass is 19.4. The molecule has 0 unspecified atom stereocenters. The summed E-state index contributed by atoms with van der Waals surface area (Å²) in [7, 11) is 0. The SMILES string of the molecule is CCOC(=O)CCOc1ccc(Oc2ccc(C(F)(F)F)cc2)cc1. The van der Waals surface area contributed by atoms with E-state index in [1.54, 1.807) is 31.2 Å². The van der Waals surface area contributed by atoms with E-state index >= 15 is 0 Å². The first kappa shape index (κ1) is 18.6. The molecule has 7 heteroatoms. The molecule has 25 heavy (non-hydrogen) atoms. The summed E-state index contributed by atoms with van der Waals surface area (Å²) in [4.78, 5) is 11.2. The second-order valence-corrected chi connectivity index (χ2v) is 5.00. The van der Waals surface area contributed by atoms with Crippen LogP contribution in [0.5, 0.6) is 17.2 Å². The van der Waals surface area contributed by atoms with Gasteiger partial charge in [-0.1, -0.05) is 0 Å². The molecule has 0 amide bonds. The minimum atomic E-state index is -4.37. The predicted octanol–water partition coefficient (Wildman–Crippen LogP) is 4.83. The first-order chi connectivity index (χ1) is 11.9. The zero-order valence-corrected chi connectivity index (χ0v) is 13.5. The maximum Gasteiger partial charge on any atom is 0.416 e. The second kappa shape index (κ2) is 8.41. The molecule has 0 aliphatic rings. The molecule has 0 atom stereocenters. The van der Waals surface area contributed by atoms with Gasteiger partial charge in [0.15, 0.2) is 0 Å². The number of rotatable bonds is 7. The van der Waals surface area contributed by atoms with Gasteiger partial charge >= 0.3 is 12.1 Å². The summed E-state index contributed by atoms with van der Waals surface area (Å²) in [5, 5.41) is 0. The Morgan fingerprint density at radius 1 is 0.920 bits per heavy atom. The zero-order chi connectivity index (χ0) is 18.3. The molecule has 134 valence electrons. The predicted molar refractivity (Wildman–Crippen MR) is 84.7 cm³/mol. The van der Waals surface area contributed by atoms with Crippen LogP contribution in [0.2, 0.25) is 0 Å². The van der Waals surface area contributed by atoms with E-state index in [0.717, 1.165) is 12.1 Å². The molecule has 2 rings (SSSR count). The lowest BCUT2D eigenvalue weighted by Crippen LogP contribution is -2.09. The van der Waals surface area contributed by atoms with Crippen LogP contribution in [0.25, 0.3) is 0 Å². The monoisotopic (exact) mass is 354 g/mol. The van der Waals surface area contributed by atoms with Crippen LogP contribution in [0.4, 0.5) is 13.2 Å². The Labute approximate surface area is 143 Å². The Balaban J connectivity index is 1.86. The normalized spacial score (nSPS) is 11.0. The van der Waals surface area contributed by atoms with Gasteiger partial charge in [-0.3, -0.25) is 4.79 Å². The van der Waals surface area contributed by atoms with Crippen molar-refractivity contribution >= 4 is 5.97 Å². The Hall–Kier alpha value is -2.70. The standard InChI is InChI=1S/C18H17F3O4/c1-2-23-17(22)11-12-24-14-7-9-16(10-8-14)25-15-5-3-13(4-6-15)18(19,20)21/h3-10H,2,11-12H2,1H3. The van der Waals surface area contributed by atoms with Crippen molar-refractivity contribution in [2.75, 3.05) is 13.2 Å². The minimum absolute atomic E-state index is 0.150. The van der Waals surface area contributed by atoms with Gasteiger partial charge in [0.2, 0.25) is 0 Å². The number of hydrogen-bond donors (Lipinski definition) is 0. The molecular weight excluding hydrogens is 337 g/mol. The van der Waals surface area contributed by atoms with Gasteiger partial charge < -0.3 is 14.2 Å². The molecule has 0 aliphatic carbocycles. The summed E-state index contributed by atoms with van der Waals surface area (Å²) in [6, 6.07) is 11.0. The van der Waals surface area contributed by atoms with Crippen molar-refractivity contribution in [3.05, 3.63) is 54.1 Å². The smallest absolute Gasteiger partial charge is 0.416 e. The number of alkyl halides is 3. The van der Waals surface area contributed by atoms with Crippen molar-refractivity contribution in [3.8, 4) is 17.2 Å². The second-order valence-electron chi connectivity index (χ2n) is 5.00. The highest BCUT2D eigenvalue weighted by molar-refractivity contribution is 5.69. The maximum absolute atomic E-state index is 12.5. The third-order valence-corrected chi connectivity index (χ3v) is 3.12. The van der Waals surface area contributed by atoms with Gasteiger partial charge in [0, 0.05) is 0 Å². The van der Waals surface area contributed by atoms with Crippen molar-refractivity contribution in [1.29, 1.82) is 0 Å². The summed E-state index contributed by atoms with van der Waals surface area (Å²) in [6.45, 7) is 2.25. The first-order valence-electron chi connectivity index (χ1n) is 7.62. The fourth-order valence-corrected chi connectivity index (χ4v) is 1.94. The van der Waals surface area contributed by atoms with Crippen molar-refractivity contribution in [1.82, 2.24) is 0 Å². The van der Waals surface area contributed by atoms with Crippen molar-refractivity contribution in [2.24, 2.45) is 0 Å². The van der Waals surface area contributed by atoms with Crippen LogP contribution in [-0.4, -0.2) is 19.2 Å². The van der Waals surface area contributed by atoms with Crippen molar-refractivity contribution in [2.45, 2.75) is 19.5 Å². The molecule has 0 fully saturated rings. The van der Waals surface area contributed by atoms with Crippen LogP contribution < -0.4 is 9.47 Å². The third-order valence-electron chi connectivity index (χ3n) is 3.12. The molecule has 2 aromatic rings. The fraction of sp³-hybridized carbons (Fsp3) is 0.278. The Kier molecular flexibility index (Phi) is 6.27. The molecule has 0 radical (unpaired) electrons. The summed E-state index contributed by atoms with van der Waals surface area (Å²) in [5.41, 5.74) is -0.731. The van der Waals surface area contributed by atoms with Crippen molar-refractivity contribution in [3.63, 3.8) is 0 Å². The highest BCUT2D eigenvalue weighted by Crippen LogP contribution is 2.31. The van der Waals surface area contributed by atoms with Gasteiger partial charge in [0.1, 0.15) is 17.2 Å². The fourth-order valence-electron chi connectivity index (χ4n) is 1.94. The average molecular weight is 354 g/mol. The molecule has 0 bridgehead atoms. The largest absolute Gasteiger partial charge is 0.493 e. The molecule has 4 nitrogen and oxygen atoms in total. The number of halogens is 3. The lowest BCUT2D eigenvalue weighted by atomic mass is 10.2. The van der Waals surface area contributed by atoms with E-state index in [4.69, 9.17) is 14.2 Å². The van der Waals surface area contributed by atoms with Crippen LogP contribution in [0.3, 0.4) is 0 Å². The van der Waals surface area contributed by atoms with E-state index < -0.39 is 11.7 Å². The van der Waals surface area contributed by atoms with Gasteiger partial charge in [-0.05, 0) is 55.5 Å². The van der Waals surface area contributed by atoms with Crippen LogP contribution in [-0.2, 0) is 15.7 Å². The number of benzene rings is 2. The van der Waals surface area contributed by atoms with Gasteiger partial charge in [-0.25, -0.2) is 0 Å². The summed E-state index contributed by atoms with van der Waals surface area (Å²) >= 11 is 0. The molecule has 0 heterocycles. The van der Waals surface area contributed by atoms with E-state index in [1.165, 1.54) is 12.1 Å². The van der Waals surface area contributed by atoms with Crippen LogP contribution >= 0.6 is 0 Å². The molecule has 0 N–H and O–H groups in total. The molecule has 2 aromatic carbocycles. The molecular formula is C18H17F3O4. The summed E-state index contributed by atoms with van der Waals surface area (Å²) < 4.78 is 53.2. The zero-order valence-electron chi connectivity index (χ0n) is 13.5. The highest BCUT2D eigenvalue weighted by Gasteiger charge is 2.30. The van der Waals surface area contributed by atoms with Gasteiger partial charge in [-0.2, -0.15) is 13.2 Å². The summed E-state index contributed by atoms with van der Waals surface area (Å²) in [6.07, 6.45) is -4.22. The number of carbonyl (C=O) groups is 1. The first-order valence-corrected chi connectivity index (χ1v) is 7.62. The minimum Gasteiger partial charge on any atom is -0.493 e. The van der Waals surface area contributed by atoms with Gasteiger partial charge in [0.05, 0.1) is 25.2 Å². The van der Waals surface area contributed by atoms with E-state index in [-0.39, 0.29) is 19.0 Å². The lowest BCUT2D eigenvalue weighted by Gasteiger charge is -2.10. The van der Waals surface area contributed by atoms with E-state index in [0.29, 0.717) is 23.9 Å². The Morgan fingerprint density at radius 3 is 1.96 bits per heavy atom. The number of hydrogen-bond acceptors (Lipinski definition) is 4. The van der Waals surface area contributed by atoms with Crippen LogP contribution in [0, 0.1) is 0 Å². The number of carbonyl (C=O) groups excluding carboxylic acids is 1. The Bertz CT molecular complexity index is 679. The summed E-state index contributed by atoms with van der Waals surface area (Å²) in [5.74, 6) is 0.968. The van der Waals surface area contributed by atoms with E-state index in [2.05, 4.69) is 0 Å². The molecule has 0 saturated carbocycles. The number of ether oxygens (including phenoxy) is 3. The maximum atomic E-state index is 12.5. The molecule has 0 aliphatic heterocycles. The van der Waals surface area contributed by atoms with E-state index in [9.17, 15) is 18.0 Å². The van der Waals surface area contributed by atoms with E-state index in [1.807, 2.05) is 0 Å². The van der Waals surface area contributed by atoms with Crippen molar-refractivity contribution < 1.29 is 32.2 Å². The quantitative estimate of drug-likeness (QED) is 0.668. The van der Waals surface area contributed by atoms with Crippen LogP contribution in [0.15, 0.2) is 48.5 Å². The molecule has 0 spiro atoms.